The Kier molecular flexibility index (Phi) is 5.95. The molecule has 2 nitrogen and oxygen atoms in total. The highest BCUT2D eigenvalue weighted by atomic mass is 15.2. The van der Waals surface area contributed by atoms with Crippen LogP contribution in [0.2, 0.25) is 0 Å². The summed E-state index contributed by atoms with van der Waals surface area (Å²) in [7, 11) is 0. The van der Waals surface area contributed by atoms with Crippen molar-refractivity contribution in [3.8, 4) is 22.3 Å². The van der Waals surface area contributed by atoms with E-state index in [4.69, 9.17) is 0 Å². The lowest BCUT2D eigenvalue weighted by atomic mass is 9.82. The van der Waals surface area contributed by atoms with Crippen molar-refractivity contribution in [3.63, 3.8) is 0 Å². The Balaban J connectivity index is 1.13. The first-order chi connectivity index (χ1) is 24.1. The number of hydrogen-bond acceptors (Lipinski definition) is 2. The van der Waals surface area contributed by atoms with E-state index in [-0.39, 0.29) is 5.41 Å². The summed E-state index contributed by atoms with van der Waals surface area (Å²) in [6.45, 7) is 4.70. The van der Waals surface area contributed by atoms with Gasteiger partial charge in [-0.15, -0.1) is 0 Å². The number of para-hydroxylation sites is 1. The van der Waals surface area contributed by atoms with Crippen molar-refractivity contribution >= 4 is 55.7 Å². The molecule has 0 spiro atoms. The van der Waals surface area contributed by atoms with Gasteiger partial charge in [0.25, 0.3) is 0 Å². The van der Waals surface area contributed by atoms with Gasteiger partial charge in [0, 0.05) is 39.1 Å². The molecule has 0 bridgehead atoms. The van der Waals surface area contributed by atoms with Gasteiger partial charge in [0.05, 0.1) is 11.4 Å². The zero-order valence-electron chi connectivity index (χ0n) is 27.6. The Hall–Kier alpha value is -6.12. The molecule has 49 heavy (non-hydrogen) atoms. The lowest BCUT2D eigenvalue weighted by Crippen LogP contribution is -2.17. The average Bonchev–Trinajstić information content (AvgIpc) is 3.38. The third-order valence-electron chi connectivity index (χ3n) is 10.7. The Labute approximate surface area is 287 Å². The van der Waals surface area contributed by atoms with E-state index < -0.39 is 0 Å². The Morgan fingerprint density at radius 3 is 1.96 bits per heavy atom. The molecule has 1 heterocycles. The van der Waals surface area contributed by atoms with Crippen LogP contribution in [0.5, 0.6) is 0 Å². The van der Waals surface area contributed by atoms with Gasteiger partial charge < -0.3 is 9.80 Å². The molecule has 8 aromatic carbocycles. The molecule has 232 valence electrons. The summed E-state index contributed by atoms with van der Waals surface area (Å²) in [6.07, 6.45) is 0. The SMILES string of the molecule is CC1(C)c2ccccc2-c2ccc(N(c3ccccc3)c3ccc(N4c5ccc6ccccc6c5-c5cccc6cccc4c56)cc3)cc21. The molecule has 0 fully saturated rings. The number of rotatable bonds is 4. The number of anilines is 6. The van der Waals surface area contributed by atoms with E-state index in [9.17, 15) is 0 Å². The Morgan fingerprint density at radius 2 is 1.10 bits per heavy atom. The van der Waals surface area contributed by atoms with Crippen LogP contribution in [0.4, 0.5) is 34.1 Å². The highest BCUT2D eigenvalue weighted by Gasteiger charge is 2.36. The quantitative estimate of drug-likeness (QED) is 0.192. The number of fused-ring (bicyclic) bond motifs is 7. The van der Waals surface area contributed by atoms with E-state index in [1.54, 1.807) is 0 Å². The minimum atomic E-state index is -0.0721. The van der Waals surface area contributed by atoms with E-state index >= 15 is 0 Å². The fraction of sp³-hybridized carbons (Fsp3) is 0.0638. The van der Waals surface area contributed by atoms with Crippen LogP contribution in [0.15, 0.2) is 170 Å². The summed E-state index contributed by atoms with van der Waals surface area (Å²) in [5.41, 5.74) is 14.9. The minimum absolute atomic E-state index is 0.0721. The second-order valence-corrected chi connectivity index (χ2v) is 13.8. The number of nitrogens with zero attached hydrogens (tertiary/aromatic N) is 2. The topological polar surface area (TPSA) is 6.48 Å². The zero-order chi connectivity index (χ0) is 32.7. The molecule has 10 rings (SSSR count). The summed E-state index contributed by atoms with van der Waals surface area (Å²) >= 11 is 0. The molecular formula is C47H34N2. The molecule has 2 heteroatoms. The predicted molar refractivity (Wildman–Crippen MR) is 207 cm³/mol. The molecule has 2 aliphatic rings. The molecule has 0 unspecified atom stereocenters. The summed E-state index contributed by atoms with van der Waals surface area (Å²) in [6, 6.07) is 62.4. The van der Waals surface area contributed by atoms with Crippen molar-refractivity contribution in [2.24, 2.45) is 0 Å². The van der Waals surface area contributed by atoms with E-state index in [0.29, 0.717) is 0 Å². The maximum Gasteiger partial charge on any atom is 0.0547 e. The van der Waals surface area contributed by atoms with Crippen molar-refractivity contribution in [1.82, 2.24) is 0 Å². The third-order valence-corrected chi connectivity index (χ3v) is 10.7. The highest BCUT2D eigenvalue weighted by Crippen LogP contribution is 2.54. The van der Waals surface area contributed by atoms with Gasteiger partial charge in [-0.2, -0.15) is 0 Å². The molecule has 0 amide bonds. The van der Waals surface area contributed by atoms with Crippen molar-refractivity contribution < 1.29 is 0 Å². The van der Waals surface area contributed by atoms with Crippen LogP contribution in [0.25, 0.3) is 43.8 Å². The van der Waals surface area contributed by atoms with Crippen LogP contribution >= 0.6 is 0 Å². The number of benzene rings is 8. The number of hydrogen-bond donors (Lipinski definition) is 0. The van der Waals surface area contributed by atoms with Crippen molar-refractivity contribution in [1.29, 1.82) is 0 Å². The minimum Gasteiger partial charge on any atom is -0.310 e. The molecular weight excluding hydrogens is 593 g/mol. The monoisotopic (exact) mass is 626 g/mol. The van der Waals surface area contributed by atoms with E-state index in [0.717, 1.165) is 22.7 Å². The van der Waals surface area contributed by atoms with Crippen LogP contribution in [-0.2, 0) is 5.41 Å². The van der Waals surface area contributed by atoms with E-state index in [2.05, 4.69) is 194 Å². The van der Waals surface area contributed by atoms with Crippen LogP contribution in [0.1, 0.15) is 25.0 Å². The maximum atomic E-state index is 2.45. The molecule has 0 atom stereocenters. The van der Waals surface area contributed by atoms with Gasteiger partial charge in [-0.3, -0.25) is 0 Å². The zero-order valence-corrected chi connectivity index (χ0v) is 27.6. The van der Waals surface area contributed by atoms with Gasteiger partial charge in [-0.1, -0.05) is 123 Å². The lowest BCUT2D eigenvalue weighted by Gasteiger charge is -2.34. The van der Waals surface area contributed by atoms with Crippen molar-refractivity contribution in [2.45, 2.75) is 19.3 Å². The van der Waals surface area contributed by atoms with E-state index in [1.165, 1.54) is 66.3 Å². The summed E-state index contributed by atoms with van der Waals surface area (Å²) in [5.74, 6) is 0. The molecule has 8 aromatic rings. The second kappa shape index (κ2) is 10.4. The molecule has 0 saturated carbocycles. The van der Waals surface area contributed by atoms with Gasteiger partial charge in [0.2, 0.25) is 0 Å². The van der Waals surface area contributed by atoms with Crippen molar-refractivity contribution in [3.05, 3.63) is 181 Å². The van der Waals surface area contributed by atoms with Crippen LogP contribution in [0.3, 0.4) is 0 Å². The fourth-order valence-electron chi connectivity index (χ4n) is 8.46. The molecule has 1 aliphatic carbocycles. The second-order valence-electron chi connectivity index (χ2n) is 13.8. The molecule has 1 aliphatic heterocycles. The Morgan fingerprint density at radius 1 is 0.449 bits per heavy atom. The first kappa shape index (κ1) is 27.9. The fourth-order valence-corrected chi connectivity index (χ4v) is 8.46. The summed E-state index contributed by atoms with van der Waals surface area (Å²) in [4.78, 5) is 4.83. The van der Waals surface area contributed by atoms with Crippen molar-refractivity contribution in [2.75, 3.05) is 9.80 Å². The normalized spacial score (nSPS) is 13.6. The molecule has 0 saturated heterocycles. The summed E-state index contributed by atoms with van der Waals surface area (Å²) < 4.78 is 0. The largest absolute Gasteiger partial charge is 0.310 e. The van der Waals surface area contributed by atoms with Gasteiger partial charge in [0.15, 0.2) is 0 Å². The maximum absolute atomic E-state index is 2.45. The predicted octanol–water partition coefficient (Wildman–Crippen LogP) is 13.2. The van der Waals surface area contributed by atoms with E-state index in [1.807, 2.05) is 0 Å². The van der Waals surface area contributed by atoms with Crippen LogP contribution < -0.4 is 9.80 Å². The molecule has 0 radical (unpaired) electrons. The first-order valence-corrected chi connectivity index (χ1v) is 17.1. The van der Waals surface area contributed by atoms with Crippen LogP contribution in [0, 0.1) is 0 Å². The molecule has 0 aromatic heterocycles. The first-order valence-electron chi connectivity index (χ1n) is 17.1. The summed E-state index contributed by atoms with van der Waals surface area (Å²) in [5, 5.41) is 5.09. The Bertz CT molecular complexity index is 2580. The lowest BCUT2D eigenvalue weighted by molar-refractivity contribution is 0.660. The van der Waals surface area contributed by atoms with Gasteiger partial charge in [0.1, 0.15) is 0 Å². The smallest absolute Gasteiger partial charge is 0.0547 e. The van der Waals surface area contributed by atoms with Gasteiger partial charge in [-0.25, -0.2) is 0 Å². The molecule has 0 N–H and O–H groups in total. The standard InChI is InChI=1S/C47H34N2/c1-47(2)41-20-9-8-18-38(41)39-28-27-36(30-42(39)47)48(33-15-4-3-5-16-33)34-23-25-35(26-24-34)49-43-21-11-14-32-13-10-19-40(45(32)43)46-37-17-7-6-12-31(37)22-29-44(46)49/h3-30H,1-2H3. The van der Waals surface area contributed by atoms with Crippen LogP contribution in [-0.4, -0.2) is 0 Å². The highest BCUT2D eigenvalue weighted by molar-refractivity contribution is 6.19. The average molecular weight is 627 g/mol. The van der Waals surface area contributed by atoms with Gasteiger partial charge in [-0.05, 0) is 105 Å². The van der Waals surface area contributed by atoms with Gasteiger partial charge >= 0.3 is 0 Å². The third kappa shape index (κ3) is 4.07.